The van der Waals surface area contributed by atoms with Crippen molar-refractivity contribution in [2.75, 3.05) is 14.2 Å². The number of hydrogen-bond donors (Lipinski definition) is 0. The number of rotatable bonds is 2. The number of hydrogen-bond acceptors (Lipinski definition) is 6. The Morgan fingerprint density at radius 2 is 1.61 bits per heavy atom. The number of esters is 2. The second-order valence-corrected chi connectivity index (χ2v) is 5.91. The van der Waals surface area contributed by atoms with Crippen LogP contribution in [0.4, 0.5) is 0 Å². The van der Waals surface area contributed by atoms with E-state index in [2.05, 4.69) is 0 Å². The van der Waals surface area contributed by atoms with Gasteiger partial charge in [0.1, 0.15) is 0 Å². The summed E-state index contributed by atoms with van der Waals surface area (Å²) in [5.74, 6) is -2.39. The molecule has 0 aromatic carbocycles. The molecule has 0 N–H and O–H groups in total. The largest absolute Gasteiger partial charge is 0.469 e. The summed E-state index contributed by atoms with van der Waals surface area (Å²) >= 11 is 0. The highest BCUT2D eigenvalue weighted by Crippen LogP contribution is 2.33. The molecule has 3 rings (SSSR count). The number of fused-ring (bicyclic) bond motifs is 3. The Morgan fingerprint density at radius 1 is 1.00 bits per heavy atom. The molecule has 1 aromatic rings. The second kappa shape index (κ2) is 5.64. The molecule has 1 aromatic heterocycles. The Bertz CT molecular complexity index is 716. The fourth-order valence-corrected chi connectivity index (χ4v) is 3.44. The number of nitrogens with zero attached hydrogens (tertiary/aromatic N) is 1. The Balaban J connectivity index is 1.99. The molecule has 1 aliphatic heterocycles. The van der Waals surface area contributed by atoms with Gasteiger partial charge in [0.25, 0.3) is 0 Å². The van der Waals surface area contributed by atoms with Gasteiger partial charge < -0.3 is 9.47 Å². The summed E-state index contributed by atoms with van der Waals surface area (Å²) in [6, 6.07) is 1.66. The van der Waals surface area contributed by atoms with Crippen molar-refractivity contribution in [2.45, 2.75) is 25.7 Å². The lowest BCUT2D eigenvalue weighted by atomic mass is 9.87. The second-order valence-electron chi connectivity index (χ2n) is 5.91. The zero-order valence-electron chi connectivity index (χ0n) is 13.0. The quantitative estimate of drug-likeness (QED) is 0.748. The summed E-state index contributed by atoms with van der Waals surface area (Å²) in [6.45, 7) is 0. The van der Waals surface area contributed by atoms with Gasteiger partial charge in [0.2, 0.25) is 5.91 Å². The number of aromatic nitrogens is 1. The minimum absolute atomic E-state index is 0.0396. The average Bonchev–Trinajstić information content (AvgIpc) is 2.92. The van der Waals surface area contributed by atoms with Crippen LogP contribution in [0.15, 0.2) is 6.07 Å². The summed E-state index contributed by atoms with van der Waals surface area (Å²) in [5.41, 5.74) is 1.65. The molecule has 7 nitrogen and oxygen atoms in total. The van der Waals surface area contributed by atoms with Crippen LogP contribution in [-0.4, -0.2) is 42.4 Å². The van der Waals surface area contributed by atoms with Crippen LogP contribution in [0.3, 0.4) is 0 Å². The molecular formula is C16H17NO6. The zero-order valence-corrected chi connectivity index (χ0v) is 13.0. The fourth-order valence-electron chi connectivity index (χ4n) is 3.44. The van der Waals surface area contributed by atoms with Gasteiger partial charge in [-0.3, -0.25) is 23.7 Å². The molecule has 0 bridgehead atoms. The Morgan fingerprint density at radius 3 is 2.22 bits per heavy atom. The van der Waals surface area contributed by atoms with Crippen molar-refractivity contribution >= 4 is 23.6 Å². The van der Waals surface area contributed by atoms with Gasteiger partial charge in [0, 0.05) is 42.6 Å². The van der Waals surface area contributed by atoms with Crippen molar-refractivity contribution in [3.63, 3.8) is 0 Å². The van der Waals surface area contributed by atoms with E-state index in [1.54, 1.807) is 6.07 Å². The Labute approximate surface area is 132 Å². The SMILES string of the molecule is COC(=O)C1CC(=O)n2c(cc3c2CC(C(=O)OC)CC3=O)C1. The van der Waals surface area contributed by atoms with Crippen LogP contribution in [-0.2, 0) is 31.9 Å². The van der Waals surface area contributed by atoms with E-state index in [0.717, 1.165) is 0 Å². The summed E-state index contributed by atoms with van der Waals surface area (Å²) in [6.07, 6.45) is 0.763. The summed E-state index contributed by atoms with van der Waals surface area (Å²) in [7, 11) is 2.57. The summed E-state index contributed by atoms with van der Waals surface area (Å²) < 4.78 is 10.9. The molecule has 2 atom stereocenters. The Kier molecular flexibility index (Phi) is 3.79. The molecular weight excluding hydrogens is 302 g/mol. The van der Waals surface area contributed by atoms with Gasteiger partial charge in [-0.15, -0.1) is 0 Å². The summed E-state index contributed by atoms with van der Waals surface area (Å²) in [4.78, 5) is 48.2. The van der Waals surface area contributed by atoms with E-state index >= 15 is 0 Å². The van der Waals surface area contributed by atoms with Gasteiger partial charge in [-0.25, -0.2) is 0 Å². The van der Waals surface area contributed by atoms with Crippen molar-refractivity contribution < 1.29 is 28.7 Å². The van der Waals surface area contributed by atoms with Crippen LogP contribution in [0, 0.1) is 11.8 Å². The first-order valence-corrected chi connectivity index (χ1v) is 7.41. The molecule has 2 aliphatic rings. The minimum atomic E-state index is -0.565. The first kappa shape index (κ1) is 15.5. The lowest BCUT2D eigenvalue weighted by Crippen LogP contribution is -2.34. The number of ketones is 1. The summed E-state index contributed by atoms with van der Waals surface area (Å²) in [5, 5.41) is 0. The highest BCUT2D eigenvalue weighted by Gasteiger charge is 2.39. The van der Waals surface area contributed by atoms with E-state index < -0.39 is 23.8 Å². The standard InChI is InChI=1S/C16H17NO6/c1-22-15(20)8-3-10-7-11-12(17(10)14(19)6-8)4-9(5-13(11)18)16(21)23-2/h7-9H,3-6H2,1-2H3. The van der Waals surface area contributed by atoms with Gasteiger partial charge in [0.15, 0.2) is 5.78 Å². The molecule has 0 saturated carbocycles. The molecule has 0 spiro atoms. The molecule has 7 heteroatoms. The molecule has 0 fully saturated rings. The molecule has 0 saturated heterocycles. The topological polar surface area (TPSA) is 91.7 Å². The molecule has 2 unspecified atom stereocenters. The zero-order chi connectivity index (χ0) is 16.7. The maximum absolute atomic E-state index is 12.4. The maximum Gasteiger partial charge on any atom is 0.309 e. The first-order valence-electron chi connectivity index (χ1n) is 7.41. The molecule has 0 amide bonds. The third kappa shape index (κ3) is 2.46. The number of carbonyl (C=O) groups excluding carboxylic acids is 4. The van der Waals surface area contributed by atoms with E-state index in [1.807, 2.05) is 0 Å². The van der Waals surface area contributed by atoms with Crippen molar-refractivity contribution in [3.8, 4) is 0 Å². The lowest BCUT2D eigenvalue weighted by molar-refractivity contribution is -0.146. The fraction of sp³-hybridized carbons (Fsp3) is 0.500. The van der Waals surface area contributed by atoms with Crippen molar-refractivity contribution in [2.24, 2.45) is 11.8 Å². The molecule has 0 radical (unpaired) electrons. The monoisotopic (exact) mass is 319 g/mol. The van der Waals surface area contributed by atoms with E-state index in [1.165, 1.54) is 18.8 Å². The van der Waals surface area contributed by atoms with Gasteiger partial charge in [0.05, 0.1) is 26.1 Å². The first-order chi connectivity index (χ1) is 11.0. The molecule has 122 valence electrons. The van der Waals surface area contributed by atoms with Crippen molar-refractivity contribution in [3.05, 3.63) is 23.0 Å². The average molecular weight is 319 g/mol. The van der Waals surface area contributed by atoms with Crippen LogP contribution in [0.25, 0.3) is 0 Å². The van der Waals surface area contributed by atoms with Gasteiger partial charge in [-0.05, 0) is 6.07 Å². The third-order valence-electron chi connectivity index (χ3n) is 4.55. The highest BCUT2D eigenvalue weighted by molar-refractivity contribution is 6.02. The van der Waals surface area contributed by atoms with E-state index in [-0.39, 0.29) is 24.5 Å². The smallest absolute Gasteiger partial charge is 0.309 e. The van der Waals surface area contributed by atoms with Crippen LogP contribution < -0.4 is 0 Å². The predicted molar refractivity (Wildman–Crippen MR) is 77.0 cm³/mol. The maximum atomic E-state index is 12.4. The highest BCUT2D eigenvalue weighted by atomic mass is 16.5. The van der Waals surface area contributed by atoms with E-state index in [9.17, 15) is 19.2 Å². The number of carbonyl (C=O) groups is 4. The molecule has 23 heavy (non-hydrogen) atoms. The third-order valence-corrected chi connectivity index (χ3v) is 4.55. The van der Waals surface area contributed by atoms with Gasteiger partial charge >= 0.3 is 11.9 Å². The van der Waals surface area contributed by atoms with Crippen LogP contribution in [0.2, 0.25) is 0 Å². The van der Waals surface area contributed by atoms with Crippen molar-refractivity contribution in [1.82, 2.24) is 4.57 Å². The predicted octanol–water partition coefficient (Wildman–Crippen LogP) is 0.782. The van der Waals surface area contributed by atoms with Crippen LogP contribution in [0.5, 0.6) is 0 Å². The normalized spacial score (nSPS) is 23.0. The molecule has 2 heterocycles. The number of methoxy groups -OCH3 is 2. The van der Waals surface area contributed by atoms with Crippen molar-refractivity contribution in [1.29, 1.82) is 0 Å². The molecule has 1 aliphatic carbocycles. The van der Waals surface area contributed by atoms with Crippen LogP contribution >= 0.6 is 0 Å². The van der Waals surface area contributed by atoms with E-state index in [0.29, 0.717) is 29.8 Å². The number of Topliss-reactive ketones (excluding diaryl/α,β-unsaturated/α-hetero) is 1. The number of ether oxygens (including phenoxy) is 2. The Hall–Kier alpha value is -2.44. The van der Waals surface area contributed by atoms with Gasteiger partial charge in [-0.2, -0.15) is 0 Å². The van der Waals surface area contributed by atoms with Gasteiger partial charge in [-0.1, -0.05) is 0 Å². The van der Waals surface area contributed by atoms with E-state index in [4.69, 9.17) is 9.47 Å². The minimum Gasteiger partial charge on any atom is -0.469 e. The lowest BCUT2D eigenvalue weighted by Gasteiger charge is -2.25. The van der Waals surface area contributed by atoms with Crippen LogP contribution in [0.1, 0.15) is 39.4 Å².